The fourth-order valence-electron chi connectivity index (χ4n) is 1.91. The zero-order chi connectivity index (χ0) is 14.7. The van der Waals surface area contributed by atoms with Crippen molar-refractivity contribution in [3.8, 4) is 0 Å². The van der Waals surface area contributed by atoms with E-state index < -0.39 is 4.92 Å². The van der Waals surface area contributed by atoms with Crippen molar-refractivity contribution in [2.24, 2.45) is 0 Å². The molecular weight excluding hydrogens is 327 g/mol. The number of nitrogens with one attached hydrogen (secondary N) is 1. The van der Waals surface area contributed by atoms with E-state index >= 15 is 0 Å². The van der Waals surface area contributed by atoms with E-state index in [1.54, 1.807) is 31.2 Å². The van der Waals surface area contributed by atoms with Crippen molar-refractivity contribution in [2.45, 2.75) is 13.5 Å². The normalized spacial score (nSPS) is 10.3. The topological polar surface area (TPSA) is 55.2 Å². The molecule has 2 aromatic carbocycles. The molecule has 0 unspecified atom stereocenters. The number of nitro groups is 1. The Morgan fingerprint density at radius 3 is 2.75 bits per heavy atom. The van der Waals surface area contributed by atoms with Gasteiger partial charge in [0.05, 0.1) is 10.6 Å². The van der Waals surface area contributed by atoms with Crippen LogP contribution in [0.2, 0.25) is 0 Å². The zero-order valence-electron chi connectivity index (χ0n) is 10.7. The first-order valence-corrected chi connectivity index (χ1v) is 6.70. The van der Waals surface area contributed by atoms with Gasteiger partial charge in [-0.25, -0.2) is 4.39 Å². The molecule has 2 aromatic rings. The van der Waals surface area contributed by atoms with Crippen molar-refractivity contribution >= 4 is 27.3 Å². The first-order chi connectivity index (χ1) is 9.49. The average Bonchev–Trinajstić information content (AvgIpc) is 2.37. The molecule has 0 spiro atoms. The Balaban J connectivity index is 2.27. The minimum absolute atomic E-state index is 0.00897. The molecule has 0 bridgehead atoms. The Labute approximate surface area is 123 Å². The monoisotopic (exact) mass is 338 g/mol. The van der Waals surface area contributed by atoms with E-state index in [2.05, 4.69) is 21.2 Å². The van der Waals surface area contributed by atoms with Crippen LogP contribution in [0.3, 0.4) is 0 Å². The third-order valence-electron chi connectivity index (χ3n) is 2.92. The maximum absolute atomic E-state index is 13.7. The van der Waals surface area contributed by atoms with E-state index in [1.807, 2.05) is 0 Å². The highest BCUT2D eigenvalue weighted by atomic mass is 79.9. The van der Waals surface area contributed by atoms with Gasteiger partial charge in [0, 0.05) is 22.6 Å². The molecule has 0 amide bonds. The van der Waals surface area contributed by atoms with Crippen LogP contribution in [0, 0.1) is 22.9 Å². The lowest BCUT2D eigenvalue weighted by atomic mass is 10.1. The Morgan fingerprint density at radius 1 is 1.35 bits per heavy atom. The summed E-state index contributed by atoms with van der Waals surface area (Å²) in [6.07, 6.45) is 0. The fraction of sp³-hybridized carbons (Fsp3) is 0.143. The first-order valence-electron chi connectivity index (χ1n) is 5.91. The fourth-order valence-corrected chi connectivity index (χ4v) is 2.32. The Morgan fingerprint density at radius 2 is 2.10 bits per heavy atom. The second-order valence-electron chi connectivity index (χ2n) is 4.32. The SMILES string of the molecule is Cc1cccc(F)c1NCc1cc(Br)ccc1[N+](=O)[O-]. The third-order valence-corrected chi connectivity index (χ3v) is 3.41. The molecule has 0 aliphatic rings. The van der Waals surface area contributed by atoms with Gasteiger partial charge in [0.2, 0.25) is 0 Å². The molecule has 0 aromatic heterocycles. The number of rotatable bonds is 4. The molecule has 4 nitrogen and oxygen atoms in total. The van der Waals surface area contributed by atoms with Gasteiger partial charge in [-0.1, -0.05) is 28.1 Å². The van der Waals surface area contributed by atoms with Crippen LogP contribution in [0.5, 0.6) is 0 Å². The lowest BCUT2D eigenvalue weighted by Crippen LogP contribution is -2.05. The first kappa shape index (κ1) is 14.5. The summed E-state index contributed by atoms with van der Waals surface area (Å²) in [6, 6.07) is 9.44. The van der Waals surface area contributed by atoms with Gasteiger partial charge in [-0.05, 0) is 30.7 Å². The van der Waals surface area contributed by atoms with Crippen LogP contribution in [0.25, 0.3) is 0 Å². The summed E-state index contributed by atoms with van der Waals surface area (Å²) < 4.78 is 14.4. The molecule has 20 heavy (non-hydrogen) atoms. The van der Waals surface area contributed by atoms with Gasteiger partial charge >= 0.3 is 0 Å². The molecule has 0 aliphatic carbocycles. The van der Waals surface area contributed by atoms with Gasteiger partial charge in [-0.3, -0.25) is 10.1 Å². The summed E-state index contributed by atoms with van der Waals surface area (Å²) in [4.78, 5) is 10.5. The van der Waals surface area contributed by atoms with Crippen molar-refractivity contribution in [3.05, 3.63) is 67.9 Å². The smallest absolute Gasteiger partial charge is 0.274 e. The maximum Gasteiger partial charge on any atom is 0.274 e. The molecule has 6 heteroatoms. The minimum Gasteiger partial charge on any atom is -0.378 e. The quantitative estimate of drug-likeness (QED) is 0.663. The number of aryl methyl sites for hydroxylation is 1. The molecule has 1 N–H and O–H groups in total. The van der Waals surface area contributed by atoms with Crippen molar-refractivity contribution in [2.75, 3.05) is 5.32 Å². The summed E-state index contributed by atoms with van der Waals surface area (Å²) in [5.41, 5.74) is 1.62. The van der Waals surface area contributed by atoms with Gasteiger partial charge in [0.25, 0.3) is 5.69 Å². The highest BCUT2D eigenvalue weighted by Crippen LogP contribution is 2.25. The third kappa shape index (κ3) is 3.14. The largest absolute Gasteiger partial charge is 0.378 e. The van der Waals surface area contributed by atoms with Gasteiger partial charge in [-0.2, -0.15) is 0 Å². The average molecular weight is 339 g/mol. The van der Waals surface area contributed by atoms with E-state index in [-0.39, 0.29) is 18.0 Å². The number of halogens is 2. The van der Waals surface area contributed by atoms with Crippen molar-refractivity contribution < 1.29 is 9.31 Å². The molecule has 0 fully saturated rings. The number of hydrogen-bond donors (Lipinski definition) is 1. The number of nitrogens with zero attached hydrogens (tertiary/aromatic N) is 1. The summed E-state index contributed by atoms with van der Waals surface area (Å²) in [7, 11) is 0. The molecule has 104 valence electrons. The van der Waals surface area contributed by atoms with Crippen LogP contribution in [0.1, 0.15) is 11.1 Å². The standard InChI is InChI=1S/C14H12BrFN2O2/c1-9-3-2-4-12(16)14(9)17-8-10-7-11(15)5-6-13(10)18(19)20/h2-7,17H,8H2,1H3. The Kier molecular flexibility index (Phi) is 4.34. The second kappa shape index (κ2) is 6.00. The minimum atomic E-state index is -0.447. The van der Waals surface area contributed by atoms with Gasteiger partial charge in [-0.15, -0.1) is 0 Å². The summed E-state index contributed by atoms with van der Waals surface area (Å²) >= 11 is 3.28. The van der Waals surface area contributed by atoms with Gasteiger partial charge in [0.15, 0.2) is 0 Å². The van der Waals surface area contributed by atoms with Crippen molar-refractivity contribution in [3.63, 3.8) is 0 Å². The number of para-hydroxylation sites is 1. The molecule has 0 heterocycles. The summed E-state index contributed by atoms with van der Waals surface area (Å²) in [5, 5.41) is 13.9. The van der Waals surface area contributed by atoms with E-state index in [4.69, 9.17) is 0 Å². The van der Waals surface area contributed by atoms with Crippen LogP contribution in [0.15, 0.2) is 40.9 Å². The van der Waals surface area contributed by atoms with Crippen LogP contribution < -0.4 is 5.32 Å². The van der Waals surface area contributed by atoms with E-state index in [9.17, 15) is 14.5 Å². The highest BCUT2D eigenvalue weighted by molar-refractivity contribution is 9.10. The lowest BCUT2D eigenvalue weighted by Gasteiger charge is -2.11. The molecule has 0 atom stereocenters. The Hall–Kier alpha value is -1.95. The number of hydrogen-bond acceptors (Lipinski definition) is 3. The van der Waals surface area contributed by atoms with Crippen LogP contribution in [-0.4, -0.2) is 4.92 Å². The van der Waals surface area contributed by atoms with Crippen LogP contribution >= 0.6 is 15.9 Å². The van der Waals surface area contributed by atoms with Crippen molar-refractivity contribution in [1.82, 2.24) is 0 Å². The zero-order valence-corrected chi connectivity index (χ0v) is 12.3. The summed E-state index contributed by atoms with van der Waals surface area (Å²) in [6.45, 7) is 1.96. The second-order valence-corrected chi connectivity index (χ2v) is 5.23. The van der Waals surface area contributed by atoms with Crippen LogP contribution in [-0.2, 0) is 6.54 Å². The number of anilines is 1. The molecule has 0 radical (unpaired) electrons. The molecule has 0 saturated heterocycles. The van der Waals surface area contributed by atoms with E-state index in [0.29, 0.717) is 11.3 Å². The van der Waals surface area contributed by atoms with Gasteiger partial charge < -0.3 is 5.32 Å². The Bertz CT molecular complexity index is 641. The van der Waals surface area contributed by atoms with Gasteiger partial charge in [0.1, 0.15) is 5.82 Å². The molecular formula is C14H12BrFN2O2. The molecule has 2 rings (SSSR count). The van der Waals surface area contributed by atoms with E-state index in [0.717, 1.165) is 10.0 Å². The van der Waals surface area contributed by atoms with Crippen LogP contribution in [0.4, 0.5) is 15.8 Å². The number of nitro benzene ring substituents is 1. The lowest BCUT2D eigenvalue weighted by molar-refractivity contribution is -0.385. The summed E-state index contributed by atoms with van der Waals surface area (Å²) in [5.74, 6) is -0.373. The molecule has 0 saturated carbocycles. The molecule has 0 aliphatic heterocycles. The maximum atomic E-state index is 13.7. The van der Waals surface area contributed by atoms with E-state index in [1.165, 1.54) is 12.1 Å². The van der Waals surface area contributed by atoms with Crippen molar-refractivity contribution in [1.29, 1.82) is 0 Å². The predicted molar refractivity (Wildman–Crippen MR) is 79.3 cm³/mol. The predicted octanol–water partition coefficient (Wildman–Crippen LogP) is 4.42. The highest BCUT2D eigenvalue weighted by Gasteiger charge is 2.14. The number of benzene rings is 2.